The van der Waals surface area contributed by atoms with Crippen LogP contribution in [0.1, 0.15) is 29.8 Å². The van der Waals surface area contributed by atoms with E-state index in [1.54, 1.807) is 0 Å². The van der Waals surface area contributed by atoms with Gasteiger partial charge < -0.3 is 10.6 Å². The second-order valence-corrected chi connectivity index (χ2v) is 4.55. The molecule has 0 spiro atoms. The molecular weight excluding hydrogens is 248 g/mol. The minimum Gasteiger partial charge on any atom is -0.385 e. The van der Waals surface area contributed by atoms with Crippen molar-refractivity contribution in [2.45, 2.75) is 13.8 Å². The molecule has 0 aliphatic carbocycles. The number of nitrogens with one attached hydrogen (secondary N) is 2. The molecule has 0 heterocycles. The van der Waals surface area contributed by atoms with Crippen molar-refractivity contribution in [3.63, 3.8) is 0 Å². The van der Waals surface area contributed by atoms with Gasteiger partial charge in [0, 0.05) is 35.6 Å². The summed E-state index contributed by atoms with van der Waals surface area (Å²) >= 11 is 0. The van der Waals surface area contributed by atoms with Gasteiger partial charge in [-0.1, -0.05) is 12.1 Å². The van der Waals surface area contributed by atoms with Crippen LogP contribution in [0.5, 0.6) is 0 Å². The van der Waals surface area contributed by atoms with Crippen LogP contribution in [0.3, 0.4) is 0 Å². The average molecular weight is 268 g/mol. The van der Waals surface area contributed by atoms with Crippen LogP contribution in [-0.4, -0.2) is 18.9 Å². The largest absolute Gasteiger partial charge is 0.385 e. The van der Waals surface area contributed by atoms with Crippen LogP contribution < -0.4 is 10.6 Å². The zero-order valence-electron chi connectivity index (χ0n) is 11.9. The normalized spacial score (nSPS) is 10.1. The Kier molecular flexibility index (Phi) is 4.77. The standard InChI is InChI=1S/C17H20N2O/c1-3-18-15-10-8-13(9-11-15)17(20)14-6-5-7-16(12-14)19-4-2/h5-12,18-19H,3-4H2,1-2H3. The van der Waals surface area contributed by atoms with E-state index in [1.807, 2.05) is 62.4 Å². The van der Waals surface area contributed by atoms with Gasteiger partial charge >= 0.3 is 0 Å². The molecule has 0 saturated heterocycles. The molecule has 0 unspecified atom stereocenters. The van der Waals surface area contributed by atoms with E-state index in [-0.39, 0.29) is 5.78 Å². The quantitative estimate of drug-likeness (QED) is 0.783. The maximum Gasteiger partial charge on any atom is 0.193 e. The van der Waals surface area contributed by atoms with Crippen molar-refractivity contribution >= 4 is 17.2 Å². The Morgan fingerprint density at radius 2 is 1.50 bits per heavy atom. The van der Waals surface area contributed by atoms with Gasteiger partial charge in [0.05, 0.1) is 0 Å². The molecule has 3 heteroatoms. The smallest absolute Gasteiger partial charge is 0.193 e. The van der Waals surface area contributed by atoms with Crippen LogP contribution in [-0.2, 0) is 0 Å². The van der Waals surface area contributed by atoms with Crippen LogP contribution in [0.2, 0.25) is 0 Å². The Hall–Kier alpha value is -2.29. The molecule has 20 heavy (non-hydrogen) atoms. The molecule has 0 fully saturated rings. The number of carbonyl (C=O) groups excluding carboxylic acids is 1. The van der Waals surface area contributed by atoms with Crippen LogP contribution in [0.15, 0.2) is 48.5 Å². The van der Waals surface area contributed by atoms with Crippen LogP contribution in [0, 0.1) is 0 Å². The van der Waals surface area contributed by atoms with Crippen LogP contribution in [0.25, 0.3) is 0 Å². The monoisotopic (exact) mass is 268 g/mol. The second-order valence-electron chi connectivity index (χ2n) is 4.55. The van der Waals surface area contributed by atoms with Gasteiger partial charge in [-0.05, 0) is 50.2 Å². The van der Waals surface area contributed by atoms with E-state index in [0.29, 0.717) is 11.1 Å². The van der Waals surface area contributed by atoms with Crippen molar-refractivity contribution < 1.29 is 4.79 Å². The Labute approximate surface area is 120 Å². The van der Waals surface area contributed by atoms with E-state index in [2.05, 4.69) is 10.6 Å². The summed E-state index contributed by atoms with van der Waals surface area (Å²) in [5, 5.41) is 6.44. The molecule has 104 valence electrons. The van der Waals surface area contributed by atoms with Gasteiger partial charge in [0.2, 0.25) is 0 Å². The minimum absolute atomic E-state index is 0.0489. The molecule has 2 N–H and O–H groups in total. The van der Waals surface area contributed by atoms with Crippen molar-refractivity contribution in [2.75, 3.05) is 23.7 Å². The number of hydrogen-bond donors (Lipinski definition) is 2. The molecule has 2 rings (SSSR count). The van der Waals surface area contributed by atoms with Crippen LogP contribution in [0.4, 0.5) is 11.4 Å². The molecular formula is C17H20N2O. The SMILES string of the molecule is CCNc1ccc(C(=O)c2cccc(NCC)c2)cc1. The van der Waals surface area contributed by atoms with Crippen molar-refractivity contribution in [3.8, 4) is 0 Å². The molecule has 0 atom stereocenters. The van der Waals surface area contributed by atoms with Gasteiger partial charge in [0.25, 0.3) is 0 Å². The third-order valence-corrected chi connectivity index (χ3v) is 3.03. The van der Waals surface area contributed by atoms with Gasteiger partial charge in [-0.15, -0.1) is 0 Å². The van der Waals surface area contributed by atoms with E-state index in [9.17, 15) is 4.79 Å². The molecule has 0 aliphatic rings. The van der Waals surface area contributed by atoms with Crippen molar-refractivity contribution in [1.82, 2.24) is 0 Å². The lowest BCUT2D eigenvalue weighted by molar-refractivity contribution is 0.103. The lowest BCUT2D eigenvalue weighted by atomic mass is 10.0. The minimum atomic E-state index is 0.0489. The van der Waals surface area contributed by atoms with E-state index >= 15 is 0 Å². The highest BCUT2D eigenvalue weighted by molar-refractivity contribution is 6.09. The van der Waals surface area contributed by atoms with Crippen molar-refractivity contribution in [1.29, 1.82) is 0 Å². The first kappa shape index (κ1) is 14.1. The van der Waals surface area contributed by atoms with E-state index in [1.165, 1.54) is 0 Å². The van der Waals surface area contributed by atoms with Gasteiger partial charge in [-0.2, -0.15) is 0 Å². The van der Waals surface area contributed by atoms with E-state index in [0.717, 1.165) is 24.5 Å². The number of ketones is 1. The first-order valence-corrected chi connectivity index (χ1v) is 6.97. The zero-order valence-corrected chi connectivity index (χ0v) is 11.9. The number of hydrogen-bond acceptors (Lipinski definition) is 3. The highest BCUT2D eigenvalue weighted by Gasteiger charge is 2.09. The van der Waals surface area contributed by atoms with E-state index in [4.69, 9.17) is 0 Å². The fraction of sp³-hybridized carbons (Fsp3) is 0.235. The third-order valence-electron chi connectivity index (χ3n) is 3.03. The molecule has 0 amide bonds. The summed E-state index contributed by atoms with van der Waals surface area (Å²) in [5.74, 6) is 0.0489. The van der Waals surface area contributed by atoms with Gasteiger partial charge in [0.15, 0.2) is 5.78 Å². The Bertz CT molecular complexity index is 576. The van der Waals surface area contributed by atoms with Gasteiger partial charge in [-0.25, -0.2) is 0 Å². The van der Waals surface area contributed by atoms with Gasteiger partial charge in [0.1, 0.15) is 0 Å². The third kappa shape index (κ3) is 3.38. The molecule has 3 nitrogen and oxygen atoms in total. The summed E-state index contributed by atoms with van der Waals surface area (Å²) < 4.78 is 0. The summed E-state index contributed by atoms with van der Waals surface area (Å²) in [5.41, 5.74) is 3.42. The topological polar surface area (TPSA) is 41.1 Å². The molecule has 0 bridgehead atoms. The predicted molar refractivity (Wildman–Crippen MR) is 84.6 cm³/mol. The predicted octanol–water partition coefficient (Wildman–Crippen LogP) is 3.78. The van der Waals surface area contributed by atoms with Crippen LogP contribution >= 0.6 is 0 Å². The number of benzene rings is 2. The molecule has 2 aromatic rings. The maximum absolute atomic E-state index is 12.4. The number of anilines is 2. The highest BCUT2D eigenvalue weighted by atomic mass is 16.1. The lowest BCUT2D eigenvalue weighted by Gasteiger charge is -2.07. The lowest BCUT2D eigenvalue weighted by Crippen LogP contribution is -2.04. The molecule has 0 saturated carbocycles. The number of carbonyl (C=O) groups is 1. The van der Waals surface area contributed by atoms with Crippen molar-refractivity contribution in [3.05, 3.63) is 59.7 Å². The molecule has 0 aliphatic heterocycles. The first-order valence-electron chi connectivity index (χ1n) is 6.97. The number of rotatable bonds is 6. The highest BCUT2D eigenvalue weighted by Crippen LogP contribution is 2.16. The fourth-order valence-electron chi connectivity index (χ4n) is 2.08. The summed E-state index contributed by atoms with van der Waals surface area (Å²) in [6, 6.07) is 15.2. The Morgan fingerprint density at radius 3 is 2.15 bits per heavy atom. The second kappa shape index (κ2) is 6.75. The summed E-state index contributed by atoms with van der Waals surface area (Å²) in [4.78, 5) is 12.4. The maximum atomic E-state index is 12.4. The Morgan fingerprint density at radius 1 is 0.850 bits per heavy atom. The van der Waals surface area contributed by atoms with Gasteiger partial charge in [-0.3, -0.25) is 4.79 Å². The first-order chi connectivity index (χ1) is 9.74. The fourth-order valence-corrected chi connectivity index (χ4v) is 2.08. The summed E-state index contributed by atoms with van der Waals surface area (Å²) in [6.07, 6.45) is 0. The van der Waals surface area contributed by atoms with E-state index < -0.39 is 0 Å². The average Bonchev–Trinajstić information content (AvgIpc) is 2.48. The Balaban J connectivity index is 2.19. The molecule has 2 aromatic carbocycles. The van der Waals surface area contributed by atoms with Crippen molar-refractivity contribution in [2.24, 2.45) is 0 Å². The summed E-state index contributed by atoms with van der Waals surface area (Å²) in [7, 11) is 0. The summed E-state index contributed by atoms with van der Waals surface area (Å²) in [6.45, 7) is 5.80. The zero-order chi connectivity index (χ0) is 14.4. The molecule has 0 aromatic heterocycles. The molecule has 0 radical (unpaired) electrons.